The van der Waals surface area contributed by atoms with E-state index in [0.717, 1.165) is 0 Å². The summed E-state index contributed by atoms with van der Waals surface area (Å²) in [6, 6.07) is -0.0555. The van der Waals surface area contributed by atoms with Gasteiger partial charge in [0.2, 0.25) is 0 Å². The first kappa shape index (κ1) is 8.90. The molecule has 4 heteroatoms. The van der Waals surface area contributed by atoms with E-state index in [0.29, 0.717) is 0 Å². The lowest BCUT2D eigenvalue weighted by molar-refractivity contribution is 0.513. The Bertz CT molecular complexity index is 343. The van der Waals surface area contributed by atoms with Crippen LogP contribution in [0.3, 0.4) is 0 Å². The van der Waals surface area contributed by atoms with Crippen LogP contribution < -0.4 is 5.69 Å². The van der Waals surface area contributed by atoms with Gasteiger partial charge in [0.25, 0.3) is 0 Å². The van der Waals surface area contributed by atoms with E-state index >= 15 is 0 Å². The molecule has 1 aromatic rings. The summed E-state index contributed by atoms with van der Waals surface area (Å²) in [5.74, 6) is -0.441. The predicted octanol–water partition coefficient (Wildman–Crippen LogP) is 1.27. The number of nitrogens with zero attached hydrogens (tertiary/aromatic N) is 2. The summed E-state index contributed by atoms with van der Waals surface area (Å²) in [4.78, 5) is 14.6. The Hall–Kier alpha value is -1.19. The molecular formula is C8H11FN2O. The molecule has 12 heavy (non-hydrogen) atoms. The second-order valence-electron chi connectivity index (χ2n) is 2.96. The molecule has 0 bridgehead atoms. The molecule has 0 N–H and O–H groups in total. The van der Waals surface area contributed by atoms with Crippen molar-refractivity contribution in [3.63, 3.8) is 0 Å². The van der Waals surface area contributed by atoms with Gasteiger partial charge in [0.1, 0.15) is 0 Å². The van der Waals surface area contributed by atoms with Crippen molar-refractivity contribution in [2.24, 2.45) is 0 Å². The number of rotatable bonds is 1. The Kier molecular flexibility index (Phi) is 2.26. The Morgan fingerprint density at radius 2 is 2.17 bits per heavy atom. The standard InChI is InChI=1S/C8H11FN2O/c1-5(2)11-4-7(9)6(3)10-8(11)12/h4-5H,1-3H3. The van der Waals surface area contributed by atoms with Crippen molar-refractivity contribution in [1.29, 1.82) is 0 Å². The molecule has 0 unspecified atom stereocenters. The van der Waals surface area contributed by atoms with Crippen molar-refractivity contribution in [3.05, 3.63) is 28.2 Å². The number of halogens is 1. The van der Waals surface area contributed by atoms with Gasteiger partial charge in [-0.05, 0) is 20.8 Å². The monoisotopic (exact) mass is 170 g/mol. The lowest BCUT2D eigenvalue weighted by atomic mass is 10.3. The summed E-state index contributed by atoms with van der Waals surface area (Å²) in [5, 5.41) is 0. The highest BCUT2D eigenvalue weighted by atomic mass is 19.1. The average molecular weight is 170 g/mol. The summed E-state index contributed by atoms with van der Waals surface area (Å²) in [5.41, 5.74) is -0.249. The molecule has 0 aromatic carbocycles. The Labute approximate surface area is 69.9 Å². The van der Waals surface area contributed by atoms with Crippen LogP contribution in [0.4, 0.5) is 4.39 Å². The van der Waals surface area contributed by atoms with Gasteiger partial charge in [0, 0.05) is 12.2 Å². The van der Waals surface area contributed by atoms with E-state index in [1.165, 1.54) is 17.7 Å². The van der Waals surface area contributed by atoms with Crippen LogP contribution in [0, 0.1) is 12.7 Å². The SMILES string of the molecule is Cc1nc(=O)n(C(C)C)cc1F. The lowest BCUT2D eigenvalue weighted by Crippen LogP contribution is -2.25. The zero-order valence-corrected chi connectivity index (χ0v) is 7.34. The molecule has 0 spiro atoms. The van der Waals surface area contributed by atoms with Gasteiger partial charge in [-0.15, -0.1) is 0 Å². The molecule has 0 aliphatic carbocycles. The zero-order chi connectivity index (χ0) is 9.30. The molecule has 0 aliphatic rings. The van der Waals surface area contributed by atoms with Crippen LogP contribution >= 0.6 is 0 Å². The van der Waals surface area contributed by atoms with E-state index in [2.05, 4.69) is 4.98 Å². The second kappa shape index (κ2) is 3.05. The maximum Gasteiger partial charge on any atom is 0.348 e. The van der Waals surface area contributed by atoms with E-state index in [4.69, 9.17) is 0 Å². The maximum atomic E-state index is 12.9. The minimum atomic E-state index is -0.441. The summed E-state index contributed by atoms with van der Waals surface area (Å²) < 4.78 is 14.2. The van der Waals surface area contributed by atoms with Gasteiger partial charge in [-0.25, -0.2) is 9.18 Å². The fourth-order valence-electron chi connectivity index (χ4n) is 0.895. The molecule has 3 nitrogen and oxygen atoms in total. The highest BCUT2D eigenvalue weighted by molar-refractivity contribution is 5.00. The molecule has 66 valence electrons. The summed E-state index contributed by atoms with van der Waals surface area (Å²) in [7, 11) is 0. The molecule has 0 amide bonds. The third-order valence-corrected chi connectivity index (χ3v) is 1.64. The third kappa shape index (κ3) is 1.52. The van der Waals surface area contributed by atoms with Crippen LogP contribution in [-0.4, -0.2) is 9.55 Å². The molecule has 1 heterocycles. The fourth-order valence-corrected chi connectivity index (χ4v) is 0.895. The smallest absolute Gasteiger partial charge is 0.294 e. The molecule has 0 radical (unpaired) electrons. The number of aryl methyl sites for hydroxylation is 1. The van der Waals surface area contributed by atoms with Gasteiger partial charge in [-0.1, -0.05) is 0 Å². The number of hydrogen-bond donors (Lipinski definition) is 0. The van der Waals surface area contributed by atoms with Crippen LogP contribution in [0.2, 0.25) is 0 Å². The highest BCUT2D eigenvalue weighted by Crippen LogP contribution is 2.03. The first-order valence-electron chi connectivity index (χ1n) is 3.77. The largest absolute Gasteiger partial charge is 0.348 e. The topological polar surface area (TPSA) is 34.9 Å². The van der Waals surface area contributed by atoms with E-state index in [1.54, 1.807) is 13.8 Å². The Morgan fingerprint density at radius 1 is 1.58 bits per heavy atom. The minimum absolute atomic E-state index is 0.0555. The fraction of sp³-hybridized carbons (Fsp3) is 0.500. The third-order valence-electron chi connectivity index (χ3n) is 1.64. The number of aromatic nitrogens is 2. The maximum absolute atomic E-state index is 12.9. The van der Waals surface area contributed by atoms with E-state index in [1.807, 2.05) is 0 Å². The summed E-state index contributed by atoms with van der Waals surface area (Å²) in [6.45, 7) is 5.08. The molecule has 0 fully saturated rings. The van der Waals surface area contributed by atoms with Crippen LogP contribution in [0.1, 0.15) is 25.6 Å². The van der Waals surface area contributed by atoms with Gasteiger partial charge in [0.15, 0.2) is 5.82 Å². The van der Waals surface area contributed by atoms with Crippen molar-refractivity contribution in [3.8, 4) is 0 Å². The molecule has 0 saturated carbocycles. The Morgan fingerprint density at radius 3 is 2.67 bits per heavy atom. The molecule has 0 aliphatic heterocycles. The average Bonchev–Trinajstić information content (AvgIpc) is 1.96. The second-order valence-corrected chi connectivity index (χ2v) is 2.96. The molecule has 1 rings (SSSR count). The molecule has 0 atom stereocenters. The van der Waals surface area contributed by atoms with Gasteiger partial charge in [-0.3, -0.25) is 4.57 Å². The van der Waals surface area contributed by atoms with E-state index in [-0.39, 0.29) is 11.7 Å². The van der Waals surface area contributed by atoms with Gasteiger partial charge in [-0.2, -0.15) is 4.98 Å². The predicted molar refractivity (Wildman–Crippen MR) is 43.6 cm³/mol. The van der Waals surface area contributed by atoms with Crippen molar-refractivity contribution < 1.29 is 4.39 Å². The van der Waals surface area contributed by atoms with E-state index < -0.39 is 11.5 Å². The van der Waals surface area contributed by atoms with Crippen molar-refractivity contribution in [2.75, 3.05) is 0 Å². The van der Waals surface area contributed by atoms with Crippen LogP contribution in [-0.2, 0) is 0 Å². The first-order chi connectivity index (χ1) is 5.52. The summed E-state index contributed by atoms with van der Waals surface area (Å²) >= 11 is 0. The first-order valence-corrected chi connectivity index (χ1v) is 3.77. The van der Waals surface area contributed by atoms with Gasteiger partial charge < -0.3 is 0 Å². The van der Waals surface area contributed by atoms with Gasteiger partial charge >= 0.3 is 5.69 Å². The zero-order valence-electron chi connectivity index (χ0n) is 7.34. The van der Waals surface area contributed by atoms with Crippen LogP contribution in [0.25, 0.3) is 0 Å². The Balaban J connectivity index is 3.33. The van der Waals surface area contributed by atoms with Crippen LogP contribution in [0.15, 0.2) is 11.0 Å². The molecule has 1 aromatic heterocycles. The van der Waals surface area contributed by atoms with Gasteiger partial charge in [0.05, 0.1) is 5.69 Å². The lowest BCUT2D eigenvalue weighted by Gasteiger charge is -2.08. The quantitative estimate of drug-likeness (QED) is 0.636. The van der Waals surface area contributed by atoms with Crippen molar-refractivity contribution >= 4 is 0 Å². The van der Waals surface area contributed by atoms with Crippen LogP contribution in [0.5, 0.6) is 0 Å². The van der Waals surface area contributed by atoms with Crippen molar-refractivity contribution in [1.82, 2.24) is 9.55 Å². The minimum Gasteiger partial charge on any atom is -0.294 e. The number of hydrogen-bond acceptors (Lipinski definition) is 2. The van der Waals surface area contributed by atoms with E-state index in [9.17, 15) is 9.18 Å². The molecular weight excluding hydrogens is 159 g/mol. The van der Waals surface area contributed by atoms with Crippen molar-refractivity contribution in [2.45, 2.75) is 26.8 Å². The highest BCUT2D eigenvalue weighted by Gasteiger charge is 2.05. The molecule has 0 saturated heterocycles. The normalized spacial score (nSPS) is 10.8. The summed E-state index contributed by atoms with van der Waals surface area (Å²) in [6.07, 6.45) is 1.19.